The van der Waals surface area contributed by atoms with Gasteiger partial charge < -0.3 is 15.1 Å². The average molecular weight is 356 g/mol. The van der Waals surface area contributed by atoms with Crippen LogP contribution in [0.4, 0.5) is 10.6 Å². The zero-order chi connectivity index (χ0) is 17.6. The second kappa shape index (κ2) is 7.94. The Kier molecular flexibility index (Phi) is 5.46. The number of amides is 2. The van der Waals surface area contributed by atoms with E-state index in [1.54, 1.807) is 34.6 Å². The van der Waals surface area contributed by atoms with E-state index >= 15 is 0 Å². The number of piperazine rings is 1. The van der Waals surface area contributed by atoms with Crippen molar-refractivity contribution in [2.45, 2.75) is 19.9 Å². The second-order valence-electron chi connectivity index (χ2n) is 5.72. The lowest BCUT2D eigenvalue weighted by molar-refractivity contribution is 0.194. The Morgan fingerprint density at radius 3 is 2.84 bits per heavy atom. The highest BCUT2D eigenvalue weighted by molar-refractivity contribution is 7.11. The van der Waals surface area contributed by atoms with Crippen molar-refractivity contribution in [1.29, 1.82) is 5.26 Å². The summed E-state index contributed by atoms with van der Waals surface area (Å²) in [6, 6.07) is 5.53. The number of hydrogen-bond donors (Lipinski definition) is 1. The number of nitrogens with one attached hydrogen (secondary N) is 1. The van der Waals surface area contributed by atoms with Crippen LogP contribution in [0.5, 0.6) is 0 Å². The molecular formula is C17H20N6OS. The second-order valence-corrected chi connectivity index (χ2v) is 6.92. The zero-order valence-corrected chi connectivity index (χ0v) is 14.9. The number of carbonyl (C=O) groups is 1. The number of hydrogen-bond acceptors (Lipinski definition) is 6. The molecule has 2 aromatic rings. The Morgan fingerprint density at radius 2 is 2.16 bits per heavy atom. The van der Waals surface area contributed by atoms with E-state index in [-0.39, 0.29) is 6.03 Å². The van der Waals surface area contributed by atoms with E-state index in [1.165, 1.54) is 4.88 Å². The van der Waals surface area contributed by atoms with Crippen LogP contribution in [0.2, 0.25) is 0 Å². The first-order valence-corrected chi connectivity index (χ1v) is 9.08. The third kappa shape index (κ3) is 4.25. The molecule has 1 aliphatic heterocycles. The molecule has 0 saturated carbocycles. The fourth-order valence-electron chi connectivity index (χ4n) is 2.66. The minimum absolute atomic E-state index is 0.0633. The first-order chi connectivity index (χ1) is 12.2. The highest BCUT2D eigenvalue weighted by atomic mass is 32.1. The van der Waals surface area contributed by atoms with Crippen molar-refractivity contribution in [1.82, 2.24) is 20.2 Å². The van der Waals surface area contributed by atoms with Crippen LogP contribution < -0.4 is 10.2 Å². The maximum absolute atomic E-state index is 12.3. The van der Waals surface area contributed by atoms with Crippen molar-refractivity contribution < 1.29 is 4.79 Å². The van der Waals surface area contributed by atoms with Gasteiger partial charge in [-0.25, -0.2) is 14.8 Å². The summed E-state index contributed by atoms with van der Waals surface area (Å²) in [5.74, 6) is 0.786. The number of nitrogens with zero attached hydrogens (tertiary/aromatic N) is 5. The van der Waals surface area contributed by atoms with Gasteiger partial charge in [-0.05, 0) is 18.6 Å². The Labute approximate surface area is 150 Å². The molecule has 0 unspecified atom stereocenters. The zero-order valence-electron chi connectivity index (χ0n) is 14.1. The van der Waals surface area contributed by atoms with Gasteiger partial charge in [0, 0.05) is 43.4 Å². The lowest BCUT2D eigenvalue weighted by atomic mass is 10.2. The average Bonchev–Trinajstić information content (AvgIpc) is 3.14. The summed E-state index contributed by atoms with van der Waals surface area (Å²) in [6.07, 6.45) is 4.48. The Balaban J connectivity index is 1.49. The molecule has 0 aromatic carbocycles. The number of thiazole rings is 1. The van der Waals surface area contributed by atoms with Crippen molar-refractivity contribution in [3.8, 4) is 6.07 Å². The normalized spacial score (nSPS) is 14.2. The van der Waals surface area contributed by atoms with Gasteiger partial charge >= 0.3 is 6.03 Å². The van der Waals surface area contributed by atoms with Crippen LogP contribution in [0.1, 0.15) is 22.4 Å². The molecule has 2 amide bonds. The van der Waals surface area contributed by atoms with E-state index in [1.807, 2.05) is 6.20 Å². The fraction of sp³-hybridized carbons (Fsp3) is 0.412. The summed E-state index contributed by atoms with van der Waals surface area (Å²) in [6.45, 7) is 5.22. The molecule has 130 valence electrons. The fourth-order valence-corrected chi connectivity index (χ4v) is 3.46. The molecule has 0 spiro atoms. The van der Waals surface area contributed by atoms with Gasteiger partial charge in [-0.2, -0.15) is 5.26 Å². The van der Waals surface area contributed by atoms with Crippen molar-refractivity contribution in [2.24, 2.45) is 0 Å². The van der Waals surface area contributed by atoms with Crippen LogP contribution in [-0.4, -0.2) is 47.1 Å². The topological polar surface area (TPSA) is 85.2 Å². The maximum atomic E-state index is 12.3. The monoisotopic (exact) mass is 356 g/mol. The molecule has 25 heavy (non-hydrogen) atoms. The van der Waals surface area contributed by atoms with Crippen molar-refractivity contribution in [2.75, 3.05) is 31.1 Å². The highest BCUT2D eigenvalue weighted by Gasteiger charge is 2.22. The van der Waals surface area contributed by atoms with Crippen LogP contribution >= 0.6 is 11.3 Å². The Morgan fingerprint density at radius 1 is 1.36 bits per heavy atom. The van der Waals surface area contributed by atoms with E-state index in [4.69, 9.17) is 5.26 Å². The number of urea groups is 1. The Hall–Kier alpha value is -2.66. The Bertz CT molecular complexity index is 775. The molecule has 1 aliphatic rings. The van der Waals surface area contributed by atoms with Crippen LogP contribution in [0.25, 0.3) is 0 Å². The van der Waals surface area contributed by atoms with Gasteiger partial charge in [0.15, 0.2) is 0 Å². The summed E-state index contributed by atoms with van der Waals surface area (Å²) in [4.78, 5) is 26.1. The van der Waals surface area contributed by atoms with Crippen molar-refractivity contribution >= 4 is 23.2 Å². The van der Waals surface area contributed by atoms with E-state index < -0.39 is 0 Å². The molecular weight excluding hydrogens is 336 g/mol. The summed E-state index contributed by atoms with van der Waals surface area (Å²) >= 11 is 1.64. The summed E-state index contributed by atoms with van der Waals surface area (Å²) < 4.78 is 0. The van der Waals surface area contributed by atoms with Crippen LogP contribution in [0.15, 0.2) is 24.5 Å². The highest BCUT2D eigenvalue weighted by Crippen LogP contribution is 2.15. The van der Waals surface area contributed by atoms with E-state index in [0.29, 0.717) is 38.3 Å². The van der Waals surface area contributed by atoms with Gasteiger partial charge in [0.2, 0.25) is 0 Å². The number of pyridine rings is 1. The summed E-state index contributed by atoms with van der Waals surface area (Å²) in [7, 11) is 0. The molecule has 0 bridgehead atoms. The molecule has 8 heteroatoms. The molecule has 0 aliphatic carbocycles. The molecule has 0 radical (unpaired) electrons. The summed E-state index contributed by atoms with van der Waals surface area (Å²) in [5.41, 5.74) is 0.597. The predicted molar refractivity (Wildman–Crippen MR) is 96.5 cm³/mol. The van der Waals surface area contributed by atoms with Crippen molar-refractivity contribution in [3.63, 3.8) is 0 Å². The SMILES string of the molecule is CCc1cnc(CNC(=O)N2CCN(c3cc(C#N)ccn3)CC2)s1. The number of aromatic nitrogens is 2. The van der Waals surface area contributed by atoms with Gasteiger partial charge in [0.1, 0.15) is 10.8 Å². The van der Waals surface area contributed by atoms with Gasteiger partial charge in [0.25, 0.3) is 0 Å². The largest absolute Gasteiger partial charge is 0.353 e. The summed E-state index contributed by atoms with van der Waals surface area (Å²) in [5, 5.41) is 12.9. The minimum atomic E-state index is -0.0633. The third-order valence-corrected chi connectivity index (χ3v) is 5.25. The molecule has 1 N–H and O–H groups in total. The number of anilines is 1. The first-order valence-electron chi connectivity index (χ1n) is 8.27. The minimum Gasteiger partial charge on any atom is -0.353 e. The molecule has 7 nitrogen and oxygen atoms in total. The predicted octanol–water partition coefficient (Wildman–Crippen LogP) is 2.00. The molecule has 1 saturated heterocycles. The van der Waals surface area contributed by atoms with Gasteiger partial charge in [0.05, 0.1) is 18.2 Å². The smallest absolute Gasteiger partial charge is 0.317 e. The van der Waals surface area contributed by atoms with E-state index in [9.17, 15) is 4.79 Å². The lowest BCUT2D eigenvalue weighted by Crippen LogP contribution is -2.51. The van der Waals surface area contributed by atoms with Crippen LogP contribution in [0, 0.1) is 11.3 Å². The quantitative estimate of drug-likeness (QED) is 0.906. The van der Waals surface area contributed by atoms with Crippen LogP contribution in [0.3, 0.4) is 0 Å². The number of nitriles is 1. The van der Waals surface area contributed by atoms with E-state index in [2.05, 4.69) is 33.2 Å². The molecule has 3 heterocycles. The van der Waals surface area contributed by atoms with E-state index in [0.717, 1.165) is 17.2 Å². The molecule has 3 rings (SSSR count). The van der Waals surface area contributed by atoms with Gasteiger partial charge in [-0.1, -0.05) is 6.92 Å². The van der Waals surface area contributed by atoms with Gasteiger partial charge in [-0.15, -0.1) is 11.3 Å². The van der Waals surface area contributed by atoms with Gasteiger partial charge in [-0.3, -0.25) is 0 Å². The molecule has 2 aromatic heterocycles. The third-order valence-electron chi connectivity index (χ3n) is 4.11. The molecule has 1 fully saturated rings. The molecule has 0 atom stereocenters. The number of aryl methyl sites for hydroxylation is 1. The van der Waals surface area contributed by atoms with Crippen molar-refractivity contribution in [3.05, 3.63) is 40.0 Å². The lowest BCUT2D eigenvalue weighted by Gasteiger charge is -2.35. The maximum Gasteiger partial charge on any atom is 0.317 e. The number of rotatable bonds is 4. The first kappa shape index (κ1) is 17.2. The number of carbonyl (C=O) groups excluding carboxylic acids is 1. The standard InChI is InChI=1S/C17H20N6OS/c1-2-14-11-20-16(25-14)12-21-17(24)23-7-5-22(6-8-23)15-9-13(10-18)3-4-19-15/h3-4,9,11H,2,5-8,12H2,1H3,(H,21,24). The van der Waals surface area contributed by atoms with Crippen LogP contribution in [-0.2, 0) is 13.0 Å².